The molecule has 0 saturated carbocycles. The number of pyridine rings is 1. The number of hydrogen-bond acceptors (Lipinski definition) is 7. The lowest BCUT2D eigenvalue weighted by Gasteiger charge is -2.10. The number of anilines is 2. The van der Waals surface area contributed by atoms with Crippen molar-refractivity contribution in [3.8, 4) is 0 Å². The van der Waals surface area contributed by atoms with Crippen LogP contribution in [-0.4, -0.2) is 41.4 Å². The Kier molecular flexibility index (Phi) is 5.28. The molecule has 0 aliphatic carbocycles. The van der Waals surface area contributed by atoms with Gasteiger partial charge in [0.05, 0.1) is 17.6 Å². The Labute approximate surface area is 104 Å². The van der Waals surface area contributed by atoms with Crippen molar-refractivity contribution in [3.05, 3.63) is 22.2 Å². The fraction of sp³-hybridized carbons (Fsp3) is 0.500. The molecule has 0 aliphatic rings. The van der Waals surface area contributed by atoms with E-state index < -0.39 is 11.0 Å². The van der Waals surface area contributed by atoms with Crippen molar-refractivity contribution in [2.24, 2.45) is 0 Å². The first-order valence-electron chi connectivity index (χ1n) is 5.36. The molecule has 18 heavy (non-hydrogen) atoms. The molecular weight excluding hydrogens is 240 g/mol. The van der Waals surface area contributed by atoms with Gasteiger partial charge in [-0.2, -0.15) is 0 Å². The van der Waals surface area contributed by atoms with Crippen molar-refractivity contribution in [1.29, 1.82) is 0 Å². The molecule has 0 bridgehead atoms. The largest absolute Gasteiger partial charge is 0.391 e. The van der Waals surface area contributed by atoms with Gasteiger partial charge in [-0.25, -0.2) is 4.98 Å². The van der Waals surface area contributed by atoms with E-state index in [-0.39, 0.29) is 18.1 Å². The van der Waals surface area contributed by atoms with Gasteiger partial charge in [-0.1, -0.05) is 0 Å². The van der Waals surface area contributed by atoms with Gasteiger partial charge in [0.15, 0.2) is 0 Å². The van der Waals surface area contributed by atoms with Gasteiger partial charge in [0.1, 0.15) is 5.82 Å². The predicted octanol–water partition coefficient (Wildman–Crippen LogP) is 0.381. The summed E-state index contributed by atoms with van der Waals surface area (Å²) in [5.74, 6) is 0.296. The molecule has 0 aromatic carbocycles. The van der Waals surface area contributed by atoms with Crippen LogP contribution in [0.3, 0.4) is 0 Å². The second-order valence-corrected chi connectivity index (χ2v) is 3.68. The van der Waals surface area contributed by atoms with Crippen molar-refractivity contribution in [1.82, 2.24) is 4.98 Å². The van der Waals surface area contributed by atoms with Crippen LogP contribution < -0.4 is 11.1 Å². The average Bonchev–Trinajstić information content (AvgIpc) is 2.29. The summed E-state index contributed by atoms with van der Waals surface area (Å²) < 4.78 is 4.78. The maximum absolute atomic E-state index is 10.5. The number of nitrogens with one attached hydrogen (secondary N) is 1. The number of ether oxygens (including phenoxy) is 1. The van der Waals surface area contributed by atoms with Gasteiger partial charge >= 0.3 is 5.69 Å². The number of aromatic nitrogens is 1. The molecule has 8 heteroatoms. The van der Waals surface area contributed by atoms with E-state index in [2.05, 4.69) is 10.3 Å². The fourth-order valence-corrected chi connectivity index (χ4v) is 1.36. The quantitative estimate of drug-likeness (QED) is 0.476. The third kappa shape index (κ3) is 4.15. The van der Waals surface area contributed by atoms with Crippen LogP contribution in [0, 0.1) is 10.1 Å². The van der Waals surface area contributed by atoms with Crippen molar-refractivity contribution < 1.29 is 14.8 Å². The smallest absolute Gasteiger partial charge is 0.311 e. The lowest BCUT2D eigenvalue weighted by atomic mass is 10.2. The number of rotatable bonds is 7. The summed E-state index contributed by atoms with van der Waals surface area (Å²) in [5, 5.41) is 22.8. The summed E-state index contributed by atoms with van der Waals surface area (Å²) in [6.07, 6.45) is -0.0789. The molecule has 0 fully saturated rings. The van der Waals surface area contributed by atoms with Crippen LogP contribution in [0.5, 0.6) is 0 Å². The molecule has 0 aliphatic heterocycles. The Morgan fingerprint density at radius 2 is 2.39 bits per heavy atom. The van der Waals surface area contributed by atoms with Gasteiger partial charge in [0.25, 0.3) is 0 Å². The molecule has 1 rings (SSSR count). The number of nitrogens with two attached hydrogens (primary N) is 1. The predicted molar refractivity (Wildman–Crippen MR) is 66.3 cm³/mol. The molecule has 1 aromatic heterocycles. The zero-order valence-electron chi connectivity index (χ0n) is 10.00. The first kappa shape index (κ1) is 14.1. The normalized spacial score (nSPS) is 12.1. The lowest BCUT2D eigenvalue weighted by molar-refractivity contribution is -0.384. The fourth-order valence-electron chi connectivity index (χ4n) is 1.36. The van der Waals surface area contributed by atoms with Gasteiger partial charge in [-0.15, -0.1) is 0 Å². The summed E-state index contributed by atoms with van der Waals surface area (Å²) in [6.45, 7) is 0.728. The first-order chi connectivity index (χ1) is 8.54. The van der Waals surface area contributed by atoms with Gasteiger partial charge in [-0.3, -0.25) is 10.1 Å². The highest BCUT2D eigenvalue weighted by Crippen LogP contribution is 2.20. The summed E-state index contributed by atoms with van der Waals surface area (Å²) in [4.78, 5) is 13.8. The molecule has 1 atom stereocenters. The Morgan fingerprint density at radius 3 is 2.94 bits per heavy atom. The highest BCUT2D eigenvalue weighted by atomic mass is 16.6. The van der Waals surface area contributed by atoms with E-state index in [1.807, 2.05) is 0 Å². The van der Waals surface area contributed by atoms with Crippen molar-refractivity contribution in [3.63, 3.8) is 0 Å². The van der Waals surface area contributed by atoms with Crippen molar-refractivity contribution in [2.75, 3.05) is 31.3 Å². The topological polar surface area (TPSA) is 124 Å². The van der Waals surface area contributed by atoms with E-state index in [4.69, 9.17) is 10.5 Å². The van der Waals surface area contributed by atoms with Crippen LogP contribution in [0.1, 0.15) is 6.42 Å². The lowest BCUT2D eigenvalue weighted by Crippen LogP contribution is -2.18. The summed E-state index contributed by atoms with van der Waals surface area (Å²) in [5.41, 5.74) is 5.22. The minimum atomic E-state index is -0.589. The number of nitrogens with zero attached hydrogens (tertiary/aromatic N) is 2. The molecule has 1 heterocycles. The number of aliphatic hydroxyl groups excluding tert-OH is 1. The maximum Gasteiger partial charge on any atom is 0.311 e. The number of aliphatic hydroxyl groups is 1. The molecule has 1 unspecified atom stereocenters. The molecule has 0 amide bonds. The Hall–Kier alpha value is -1.93. The monoisotopic (exact) mass is 256 g/mol. The number of methoxy groups -OCH3 is 1. The zero-order chi connectivity index (χ0) is 13.5. The molecule has 0 radical (unpaired) electrons. The van der Waals surface area contributed by atoms with E-state index in [0.717, 1.165) is 0 Å². The summed E-state index contributed by atoms with van der Waals surface area (Å²) in [7, 11) is 1.51. The van der Waals surface area contributed by atoms with Crippen LogP contribution in [-0.2, 0) is 4.74 Å². The number of hydrogen-bond donors (Lipinski definition) is 3. The minimum absolute atomic E-state index is 0.137. The van der Waals surface area contributed by atoms with E-state index in [9.17, 15) is 15.2 Å². The van der Waals surface area contributed by atoms with Crippen molar-refractivity contribution in [2.45, 2.75) is 12.5 Å². The third-order valence-corrected chi connectivity index (χ3v) is 2.24. The highest BCUT2D eigenvalue weighted by Gasteiger charge is 2.12. The SMILES string of the molecule is COCC(O)CCNc1ccc([N+](=O)[O-])c(N)n1. The Balaban J connectivity index is 2.49. The van der Waals surface area contributed by atoms with E-state index in [0.29, 0.717) is 18.8 Å². The molecular formula is C10H16N4O4. The minimum Gasteiger partial charge on any atom is -0.391 e. The Bertz CT molecular complexity index is 413. The molecule has 100 valence electrons. The van der Waals surface area contributed by atoms with E-state index in [1.165, 1.54) is 19.2 Å². The van der Waals surface area contributed by atoms with Gasteiger partial charge in [-0.05, 0) is 12.5 Å². The zero-order valence-corrected chi connectivity index (χ0v) is 10.00. The third-order valence-electron chi connectivity index (χ3n) is 2.24. The maximum atomic E-state index is 10.5. The van der Waals surface area contributed by atoms with Crippen molar-refractivity contribution >= 4 is 17.3 Å². The van der Waals surface area contributed by atoms with Crippen LogP contribution in [0.4, 0.5) is 17.3 Å². The molecule has 0 saturated heterocycles. The average molecular weight is 256 g/mol. The molecule has 4 N–H and O–H groups in total. The number of nitro groups is 1. The molecule has 1 aromatic rings. The first-order valence-corrected chi connectivity index (χ1v) is 5.36. The van der Waals surface area contributed by atoms with Gasteiger partial charge < -0.3 is 20.9 Å². The van der Waals surface area contributed by atoms with Crippen LogP contribution in [0.15, 0.2) is 12.1 Å². The van der Waals surface area contributed by atoms with Gasteiger partial charge in [0, 0.05) is 19.7 Å². The standard InChI is InChI=1S/C10H16N4O4/c1-18-6-7(15)4-5-12-9-3-2-8(14(16)17)10(11)13-9/h2-3,7,15H,4-6H2,1H3,(H3,11,12,13). The van der Waals surface area contributed by atoms with Crippen LogP contribution in [0.2, 0.25) is 0 Å². The van der Waals surface area contributed by atoms with Crippen LogP contribution in [0.25, 0.3) is 0 Å². The van der Waals surface area contributed by atoms with E-state index in [1.54, 1.807) is 0 Å². The van der Waals surface area contributed by atoms with E-state index >= 15 is 0 Å². The summed E-state index contributed by atoms with van der Waals surface area (Å²) >= 11 is 0. The van der Waals surface area contributed by atoms with Crippen LogP contribution >= 0.6 is 0 Å². The highest BCUT2D eigenvalue weighted by molar-refractivity contribution is 5.57. The molecule has 8 nitrogen and oxygen atoms in total. The summed E-state index contributed by atoms with van der Waals surface area (Å²) in [6, 6.07) is 2.76. The number of nitrogen functional groups attached to an aromatic ring is 1. The second-order valence-electron chi connectivity index (χ2n) is 3.68. The Morgan fingerprint density at radius 1 is 1.67 bits per heavy atom. The van der Waals surface area contributed by atoms with Gasteiger partial charge in [0.2, 0.25) is 5.82 Å². The molecule has 0 spiro atoms. The second kappa shape index (κ2) is 6.72.